The minimum Gasteiger partial charge on any atom is -0.382 e. The predicted molar refractivity (Wildman–Crippen MR) is 81.1 cm³/mol. The molecule has 0 radical (unpaired) electrons. The van der Waals surface area contributed by atoms with E-state index in [-0.39, 0.29) is 10.6 Å². The minimum atomic E-state index is -3.45. The van der Waals surface area contributed by atoms with Crippen molar-refractivity contribution in [1.82, 2.24) is 4.98 Å². The first-order valence-corrected chi connectivity index (χ1v) is 8.86. The van der Waals surface area contributed by atoms with Gasteiger partial charge in [0.25, 0.3) is 5.92 Å². The Labute approximate surface area is 132 Å². The number of nitrogens with zero attached hydrogens (tertiary/aromatic N) is 1. The molecule has 1 unspecified atom stereocenters. The van der Waals surface area contributed by atoms with Crippen molar-refractivity contribution in [3.63, 3.8) is 0 Å². The Hall–Kier alpha value is -1.86. The highest BCUT2D eigenvalue weighted by Gasteiger charge is 2.47. The largest absolute Gasteiger partial charge is 0.382 e. The van der Waals surface area contributed by atoms with Gasteiger partial charge in [0.05, 0.1) is 0 Å². The molecule has 1 aliphatic carbocycles. The maximum atomic E-state index is 13.8. The number of aliphatic hydroxyl groups is 1. The lowest BCUT2D eigenvalue weighted by molar-refractivity contribution is -0.0966. The van der Waals surface area contributed by atoms with Gasteiger partial charge in [-0.25, -0.2) is 22.2 Å². The summed E-state index contributed by atoms with van der Waals surface area (Å²) >= 11 is 0. The van der Waals surface area contributed by atoms with E-state index in [1.165, 1.54) is 12.1 Å². The van der Waals surface area contributed by atoms with E-state index in [1.54, 1.807) is 25.1 Å². The minimum absolute atomic E-state index is 0.0720. The average Bonchev–Trinajstić information content (AvgIpc) is 2.68. The molecular weight excluding hydrogens is 324 g/mol. The number of pyridine rings is 1. The fraction of sp³-hybridized carbons (Fsp3) is 0.312. The molecule has 4 nitrogen and oxygen atoms in total. The van der Waals surface area contributed by atoms with Gasteiger partial charge >= 0.3 is 0 Å². The van der Waals surface area contributed by atoms with Crippen molar-refractivity contribution in [2.45, 2.75) is 30.4 Å². The number of alkyl halides is 2. The molecule has 7 heteroatoms. The fourth-order valence-electron chi connectivity index (χ4n) is 2.92. The lowest BCUT2D eigenvalue weighted by Crippen LogP contribution is -2.21. The Morgan fingerprint density at radius 3 is 2.52 bits per heavy atom. The molecule has 1 heterocycles. The van der Waals surface area contributed by atoms with Crippen LogP contribution in [0.5, 0.6) is 0 Å². The molecule has 1 atom stereocenters. The topological polar surface area (TPSA) is 67.3 Å². The summed E-state index contributed by atoms with van der Waals surface area (Å²) in [7, 11) is -3.45. The van der Waals surface area contributed by atoms with E-state index in [0.29, 0.717) is 22.4 Å². The molecule has 0 spiro atoms. The van der Waals surface area contributed by atoms with Crippen LogP contribution in [0.25, 0.3) is 11.1 Å². The van der Waals surface area contributed by atoms with E-state index in [0.717, 1.165) is 6.26 Å². The van der Waals surface area contributed by atoms with Crippen molar-refractivity contribution >= 4 is 9.84 Å². The Bertz CT molecular complexity index is 894. The monoisotopic (exact) mass is 339 g/mol. The van der Waals surface area contributed by atoms with Gasteiger partial charge in [0.2, 0.25) is 0 Å². The third-order valence-electron chi connectivity index (χ3n) is 4.03. The quantitative estimate of drug-likeness (QED) is 0.913. The molecule has 122 valence electrons. The lowest BCUT2D eigenvalue weighted by Gasteiger charge is -2.17. The average molecular weight is 339 g/mol. The van der Waals surface area contributed by atoms with Crippen molar-refractivity contribution < 1.29 is 22.3 Å². The Morgan fingerprint density at radius 1 is 1.22 bits per heavy atom. The maximum Gasteiger partial charge on any atom is 0.281 e. The second kappa shape index (κ2) is 5.07. The normalized spacial score (nSPS) is 19.6. The summed E-state index contributed by atoms with van der Waals surface area (Å²) in [6, 6.07) is 7.73. The van der Waals surface area contributed by atoms with Gasteiger partial charge in [-0.2, -0.15) is 0 Å². The van der Waals surface area contributed by atoms with Crippen LogP contribution in [0.3, 0.4) is 0 Å². The molecule has 0 fully saturated rings. The summed E-state index contributed by atoms with van der Waals surface area (Å²) in [4.78, 5) is 4.05. The molecule has 0 saturated carbocycles. The molecule has 2 aromatic rings. The van der Waals surface area contributed by atoms with Crippen molar-refractivity contribution in [3.05, 3.63) is 47.2 Å². The van der Waals surface area contributed by atoms with Crippen molar-refractivity contribution in [3.8, 4) is 11.1 Å². The number of sulfone groups is 1. The fourth-order valence-corrected chi connectivity index (χ4v) is 3.53. The number of aromatic nitrogens is 1. The van der Waals surface area contributed by atoms with Gasteiger partial charge in [-0.05, 0) is 35.7 Å². The Morgan fingerprint density at radius 2 is 1.91 bits per heavy atom. The third kappa shape index (κ3) is 2.64. The number of rotatable bonds is 2. The van der Waals surface area contributed by atoms with Gasteiger partial charge in [0.15, 0.2) is 14.9 Å². The first kappa shape index (κ1) is 16.0. The number of aliphatic hydroxyl groups excluding tert-OH is 1. The zero-order valence-electron chi connectivity index (χ0n) is 12.5. The first-order valence-electron chi connectivity index (χ1n) is 6.97. The zero-order chi connectivity index (χ0) is 17.0. The molecule has 0 saturated heterocycles. The van der Waals surface area contributed by atoms with E-state index >= 15 is 0 Å². The second-order valence-corrected chi connectivity index (χ2v) is 7.74. The van der Waals surface area contributed by atoms with Crippen molar-refractivity contribution in [2.75, 3.05) is 6.26 Å². The van der Waals surface area contributed by atoms with Crippen LogP contribution in [0.1, 0.15) is 22.9 Å². The molecule has 1 aromatic heterocycles. The van der Waals surface area contributed by atoms with Gasteiger partial charge in [0.1, 0.15) is 6.10 Å². The van der Waals surface area contributed by atoms with Crippen LogP contribution in [-0.2, 0) is 16.3 Å². The van der Waals surface area contributed by atoms with Crippen LogP contribution >= 0.6 is 0 Å². The molecule has 0 amide bonds. The molecular formula is C16H15F2NO3S. The van der Waals surface area contributed by atoms with Gasteiger partial charge in [-0.1, -0.05) is 18.2 Å². The van der Waals surface area contributed by atoms with Gasteiger partial charge in [-0.3, -0.25) is 0 Å². The zero-order valence-corrected chi connectivity index (χ0v) is 13.4. The van der Waals surface area contributed by atoms with E-state index in [4.69, 9.17) is 0 Å². The maximum absolute atomic E-state index is 13.8. The number of halogens is 2. The molecule has 1 N–H and O–H groups in total. The molecule has 23 heavy (non-hydrogen) atoms. The third-order valence-corrected chi connectivity index (χ3v) is 5.01. The summed E-state index contributed by atoms with van der Waals surface area (Å²) in [5, 5.41) is 9.89. The smallest absolute Gasteiger partial charge is 0.281 e. The van der Waals surface area contributed by atoms with Gasteiger partial charge in [-0.15, -0.1) is 0 Å². The van der Waals surface area contributed by atoms with Crippen LogP contribution in [0.15, 0.2) is 35.4 Å². The van der Waals surface area contributed by atoms with Crippen molar-refractivity contribution in [1.29, 1.82) is 0 Å². The summed E-state index contributed by atoms with van der Waals surface area (Å²) in [5.74, 6) is -3.20. The van der Waals surface area contributed by atoms with E-state index in [2.05, 4.69) is 4.98 Å². The predicted octanol–water partition coefficient (Wildman–Crippen LogP) is 2.69. The highest BCUT2D eigenvalue weighted by molar-refractivity contribution is 7.90. The Kier molecular flexibility index (Phi) is 3.53. The van der Waals surface area contributed by atoms with Crippen LogP contribution in [0, 0.1) is 6.92 Å². The van der Waals surface area contributed by atoms with Gasteiger partial charge < -0.3 is 5.11 Å². The number of aryl methyl sites for hydroxylation is 1. The molecule has 1 aliphatic rings. The molecule has 1 aromatic carbocycles. The van der Waals surface area contributed by atoms with E-state index in [9.17, 15) is 22.3 Å². The van der Waals surface area contributed by atoms with Gasteiger partial charge in [0, 0.05) is 23.9 Å². The van der Waals surface area contributed by atoms with Crippen LogP contribution < -0.4 is 0 Å². The SMILES string of the molecule is Cc1nc(S(C)(=O)=O)ccc1-c1cccc2c1C(O)C(F)(F)C2. The molecule has 0 aliphatic heterocycles. The second-order valence-electron chi connectivity index (χ2n) is 5.77. The Balaban J connectivity index is 2.18. The number of hydrogen-bond donors (Lipinski definition) is 1. The highest BCUT2D eigenvalue weighted by Crippen LogP contribution is 2.47. The highest BCUT2D eigenvalue weighted by atomic mass is 32.2. The number of benzene rings is 1. The van der Waals surface area contributed by atoms with E-state index in [1.807, 2.05) is 0 Å². The summed E-state index contributed by atoms with van der Waals surface area (Å²) < 4.78 is 50.7. The summed E-state index contributed by atoms with van der Waals surface area (Å²) in [6.45, 7) is 1.61. The standard InChI is InChI=1S/C16H15F2NO3S/c1-9-11(6-7-13(19-9)23(2,21)22)12-5-3-4-10-8-16(17,18)15(20)14(10)12/h3-7,15,20H,8H2,1-2H3. The van der Waals surface area contributed by atoms with Crippen molar-refractivity contribution in [2.24, 2.45) is 0 Å². The number of fused-ring (bicyclic) bond motifs is 1. The molecule has 0 bridgehead atoms. The lowest BCUT2D eigenvalue weighted by atomic mass is 9.95. The number of hydrogen-bond acceptors (Lipinski definition) is 4. The van der Waals surface area contributed by atoms with Crippen LogP contribution in [0.2, 0.25) is 0 Å². The summed E-state index contributed by atoms with van der Waals surface area (Å²) in [5.41, 5.74) is 1.98. The molecule has 3 rings (SSSR count). The van der Waals surface area contributed by atoms with E-state index < -0.39 is 28.3 Å². The summed E-state index contributed by atoms with van der Waals surface area (Å²) in [6.07, 6.45) is -1.33. The first-order chi connectivity index (χ1) is 10.6. The van der Waals surface area contributed by atoms with Crippen LogP contribution in [-0.4, -0.2) is 30.7 Å². The van der Waals surface area contributed by atoms with Crippen LogP contribution in [0.4, 0.5) is 8.78 Å².